The first-order valence-corrected chi connectivity index (χ1v) is 15.2. The Morgan fingerprint density at radius 3 is 1.30 bits per heavy atom. The molecule has 6 aromatic rings. The number of fused-ring (bicyclic) bond motifs is 4. The molecule has 0 N–H and O–H groups in total. The fourth-order valence-electron chi connectivity index (χ4n) is 7.94. The second-order valence-electron chi connectivity index (χ2n) is 11.8. The summed E-state index contributed by atoms with van der Waals surface area (Å²) in [6.07, 6.45) is 3.51. The van der Waals surface area contributed by atoms with E-state index < -0.39 is 11.2 Å². The SMILES string of the molecule is COC1(c2cccc3ccccc23)CCc2c(Oc3cccc4c3CCC4(OC)c3cccc4ccccc34)cccc21. The molecule has 0 spiro atoms. The number of hydrogen-bond donors (Lipinski definition) is 0. The first-order chi connectivity index (χ1) is 21.2. The van der Waals surface area contributed by atoms with Gasteiger partial charge in [0.15, 0.2) is 0 Å². The molecule has 2 aliphatic carbocycles. The molecule has 2 aliphatic rings. The van der Waals surface area contributed by atoms with Crippen LogP contribution in [-0.4, -0.2) is 14.2 Å². The highest BCUT2D eigenvalue weighted by atomic mass is 16.5. The largest absolute Gasteiger partial charge is 0.457 e. The maximum Gasteiger partial charge on any atom is 0.131 e. The zero-order valence-electron chi connectivity index (χ0n) is 24.6. The van der Waals surface area contributed by atoms with Gasteiger partial charge < -0.3 is 14.2 Å². The summed E-state index contributed by atoms with van der Waals surface area (Å²) in [7, 11) is 3.68. The van der Waals surface area contributed by atoms with Crippen LogP contribution in [0.5, 0.6) is 11.5 Å². The normalized spacial score (nSPS) is 20.8. The standard InChI is InChI=1S/C40H34O3/c1-41-39(33-17-7-13-27-11-3-5-15-29(27)33)25-23-31-35(39)19-9-21-37(31)43-38-22-10-20-36-32(38)24-26-40(36,42-2)34-18-8-14-28-12-4-6-16-30(28)34/h3-22H,23-26H2,1-2H3. The van der Waals surface area contributed by atoms with Crippen molar-refractivity contribution in [1.29, 1.82) is 0 Å². The van der Waals surface area contributed by atoms with Gasteiger partial charge in [-0.25, -0.2) is 0 Å². The summed E-state index contributed by atoms with van der Waals surface area (Å²) >= 11 is 0. The van der Waals surface area contributed by atoms with Crippen LogP contribution in [0.15, 0.2) is 121 Å². The van der Waals surface area contributed by atoms with Gasteiger partial charge in [-0.05, 0) is 81.6 Å². The second-order valence-corrected chi connectivity index (χ2v) is 11.8. The van der Waals surface area contributed by atoms with Crippen molar-refractivity contribution in [2.24, 2.45) is 0 Å². The smallest absolute Gasteiger partial charge is 0.131 e. The molecule has 0 heterocycles. The Labute approximate surface area is 252 Å². The molecule has 0 radical (unpaired) electrons. The highest BCUT2D eigenvalue weighted by molar-refractivity contribution is 5.88. The van der Waals surface area contributed by atoms with E-state index in [1.165, 1.54) is 54.9 Å². The Morgan fingerprint density at radius 1 is 0.442 bits per heavy atom. The van der Waals surface area contributed by atoms with Crippen LogP contribution in [0.25, 0.3) is 21.5 Å². The van der Waals surface area contributed by atoms with Crippen LogP contribution in [0.4, 0.5) is 0 Å². The Balaban J connectivity index is 1.21. The third-order valence-corrected chi connectivity index (χ3v) is 9.96. The Kier molecular flexibility index (Phi) is 6.15. The van der Waals surface area contributed by atoms with E-state index in [9.17, 15) is 0 Å². The summed E-state index contributed by atoms with van der Waals surface area (Å²) in [5.41, 5.74) is 6.22. The highest BCUT2D eigenvalue weighted by Crippen LogP contribution is 2.52. The molecular formula is C40H34O3. The number of methoxy groups -OCH3 is 2. The van der Waals surface area contributed by atoms with E-state index in [1.807, 2.05) is 14.2 Å². The number of hydrogen-bond acceptors (Lipinski definition) is 3. The first-order valence-electron chi connectivity index (χ1n) is 15.2. The highest BCUT2D eigenvalue weighted by Gasteiger charge is 2.44. The average molecular weight is 563 g/mol. The summed E-state index contributed by atoms with van der Waals surface area (Å²) in [6, 6.07) is 43.1. The van der Waals surface area contributed by atoms with E-state index in [4.69, 9.17) is 14.2 Å². The summed E-state index contributed by atoms with van der Waals surface area (Å²) in [5.74, 6) is 1.82. The van der Waals surface area contributed by atoms with Gasteiger partial charge in [-0.1, -0.05) is 109 Å². The van der Waals surface area contributed by atoms with Gasteiger partial charge in [-0.3, -0.25) is 0 Å². The van der Waals surface area contributed by atoms with E-state index >= 15 is 0 Å². The van der Waals surface area contributed by atoms with Gasteiger partial charge in [0, 0.05) is 25.3 Å². The van der Waals surface area contributed by atoms with Crippen LogP contribution in [0.2, 0.25) is 0 Å². The predicted molar refractivity (Wildman–Crippen MR) is 173 cm³/mol. The predicted octanol–water partition coefficient (Wildman–Crippen LogP) is 9.46. The minimum absolute atomic E-state index is 0.520. The van der Waals surface area contributed by atoms with E-state index in [-0.39, 0.29) is 0 Å². The molecule has 0 fully saturated rings. The van der Waals surface area contributed by atoms with Crippen LogP contribution in [0.3, 0.4) is 0 Å². The van der Waals surface area contributed by atoms with Gasteiger partial charge in [0.2, 0.25) is 0 Å². The fraction of sp³-hybridized carbons (Fsp3) is 0.200. The first kappa shape index (κ1) is 26.2. The molecule has 3 heteroatoms. The lowest BCUT2D eigenvalue weighted by Gasteiger charge is -2.31. The quantitative estimate of drug-likeness (QED) is 0.202. The lowest BCUT2D eigenvalue weighted by atomic mass is 9.84. The minimum Gasteiger partial charge on any atom is -0.457 e. The molecule has 2 unspecified atom stereocenters. The van der Waals surface area contributed by atoms with Gasteiger partial charge in [-0.2, -0.15) is 0 Å². The molecule has 6 aromatic carbocycles. The van der Waals surface area contributed by atoms with Crippen LogP contribution >= 0.6 is 0 Å². The summed E-state index contributed by atoms with van der Waals surface area (Å²) < 4.78 is 19.8. The molecule has 43 heavy (non-hydrogen) atoms. The molecule has 0 aliphatic heterocycles. The van der Waals surface area contributed by atoms with Crippen molar-refractivity contribution in [3.05, 3.63) is 155 Å². The third-order valence-electron chi connectivity index (χ3n) is 9.96. The molecule has 8 rings (SSSR count). The zero-order chi connectivity index (χ0) is 29.0. The third kappa shape index (κ3) is 3.82. The molecule has 0 saturated carbocycles. The second kappa shape index (κ2) is 10.1. The topological polar surface area (TPSA) is 27.7 Å². The average Bonchev–Trinajstić information content (AvgIpc) is 3.65. The Hall–Kier alpha value is -4.44. The van der Waals surface area contributed by atoms with Crippen LogP contribution in [-0.2, 0) is 33.5 Å². The molecule has 0 bridgehead atoms. The molecule has 0 aromatic heterocycles. The minimum atomic E-state index is -0.520. The van der Waals surface area contributed by atoms with Gasteiger partial charge >= 0.3 is 0 Å². The summed E-state index contributed by atoms with van der Waals surface area (Å²) in [4.78, 5) is 0. The zero-order valence-corrected chi connectivity index (χ0v) is 24.6. The molecule has 0 amide bonds. The molecular weight excluding hydrogens is 528 g/mol. The van der Waals surface area contributed by atoms with Crippen molar-refractivity contribution in [3.63, 3.8) is 0 Å². The maximum absolute atomic E-state index is 6.88. The van der Waals surface area contributed by atoms with Crippen molar-refractivity contribution in [2.75, 3.05) is 14.2 Å². The van der Waals surface area contributed by atoms with Crippen molar-refractivity contribution in [3.8, 4) is 11.5 Å². The van der Waals surface area contributed by atoms with Crippen LogP contribution in [0, 0.1) is 0 Å². The van der Waals surface area contributed by atoms with E-state index in [0.717, 1.165) is 37.2 Å². The maximum atomic E-state index is 6.88. The van der Waals surface area contributed by atoms with Gasteiger partial charge in [0.25, 0.3) is 0 Å². The van der Waals surface area contributed by atoms with Crippen LogP contribution < -0.4 is 4.74 Å². The van der Waals surface area contributed by atoms with Crippen molar-refractivity contribution in [1.82, 2.24) is 0 Å². The fourth-order valence-corrected chi connectivity index (χ4v) is 7.94. The number of benzene rings is 6. The van der Waals surface area contributed by atoms with E-state index in [2.05, 4.69) is 121 Å². The van der Waals surface area contributed by atoms with Crippen LogP contribution in [0.1, 0.15) is 46.2 Å². The molecule has 3 nitrogen and oxygen atoms in total. The van der Waals surface area contributed by atoms with Crippen molar-refractivity contribution in [2.45, 2.75) is 36.9 Å². The number of ether oxygens (including phenoxy) is 3. The summed E-state index contributed by atoms with van der Waals surface area (Å²) in [6.45, 7) is 0. The Bertz CT molecular complexity index is 1850. The Morgan fingerprint density at radius 2 is 0.837 bits per heavy atom. The van der Waals surface area contributed by atoms with Gasteiger partial charge in [0.1, 0.15) is 22.7 Å². The number of rotatable bonds is 6. The van der Waals surface area contributed by atoms with Gasteiger partial charge in [0.05, 0.1) is 0 Å². The van der Waals surface area contributed by atoms with Gasteiger partial charge in [-0.15, -0.1) is 0 Å². The lowest BCUT2D eigenvalue weighted by Crippen LogP contribution is -2.27. The van der Waals surface area contributed by atoms with E-state index in [0.29, 0.717) is 0 Å². The molecule has 212 valence electrons. The van der Waals surface area contributed by atoms with Crippen molar-refractivity contribution < 1.29 is 14.2 Å². The van der Waals surface area contributed by atoms with E-state index in [1.54, 1.807) is 0 Å². The van der Waals surface area contributed by atoms with Crippen molar-refractivity contribution >= 4 is 21.5 Å². The molecule has 0 saturated heterocycles. The summed E-state index contributed by atoms with van der Waals surface area (Å²) in [5, 5.41) is 4.92. The molecule has 2 atom stereocenters. The lowest BCUT2D eigenvalue weighted by molar-refractivity contribution is 0.0249. The monoisotopic (exact) mass is 562 g/mol.